The summed E-state index contributed by atoms with van der Waals surface area (Å²) in [5, 5.41) is 1.06. The van der Waals surface area contributed by atoms with E-state index in [1.807, 2.05) is 49.4 Å². The molecular formula is C21H25N2O5S2+. The van der Waals surface area contributed by atoms with Crippen molar-refractivity contribution >= 4 is 43.1 Å². The molecule has 3 aromatic rings. The van der Waals surface area contributed by atoms with Crippen molar-refractivity contribution in [1.82, 2.24) is 0 Å². The first-order valence-corrected chi connectivity index (χ1v) is 11.8. The van der Waals surface area contributed by atoms with Gasteiger partial charge in [-0.1, -0.05) is 11.3 Å². The molecule has 7 nitrogen and oxygen atoms in total. The summed E-state index contributed by atoms with van der Waals surface area (Å²) < 4.78 is 45.0. The average Bonchev–Trinajstić information content (AvgIpc) is 3.03. The summed E-state index contributed by atoms with van der Waals surface area (Å²) >= 11 is 1.64. The Morgan fingerprint density at radius 1 is 1.10 bits per heavy atom. The van der Waals surface area contributed by atoms with Gasteiger partial charge in [0.05, 0.1) is 38.1 Å². The third-order valence-electron chi connectivity index (χ3n) is 4.57. The fraction of sp³-hybridized carbons (Fsp3) is 0.333. The Morgan fingerprint density at radius 2 is 1.77 bits per heavy atom. The zero-order valence-electron chi connectivity index (χ0n) is 17.2. The molecule has 0 aliphatic heterocycles. The first-order valence-electron chi connectivity index (χ1n) is 9.41. The molecule has 30 heavy (non-hydrogen) atoms. The van der Waals surface area contributed by atoms with Gasteiger partial charge in [0.1, 0.15) is 16.2 Å². The third kappa shape index (κ3) is 5.78. The van der Waals surface area contributed by atoms with Gasteiger partial charge in [0.2, 0.25) is 10.5 Å². The van der Waals surface area contributed by atoms with Gasteiger partial charge in [0.15, 0.2) is 6.54 Å². The number of fused-ring (bicyclic) bond motifs is 1. The largest absolute Gasteiger partial charge is 0.497 e. The van der Waals surface area contributed by atoms with E-state index in [1.54, 1.807) is 25.6 Å². The summed E-state index contributed by atoms with van der Waals surface area (Å²) in [7, 11) is -0.755. The van der Waals surface area contributed by atoms with Gasteiger partial charge >= 0.3 is 0 Å². The second kappa shape index (κ2) is 9.55. The predicted molar refractivity (Wildman–Crippen MR) is 119 cm³/mol. The number of hydrogen-bond donors (Lipinski definition) is 1. The van der Waals surface area contributed by atoms with Crippen LogP contribution in [0.25, 0.3) is 10.2 Å². The van der Waals surface area contributed by atoms with Gasteiger partial charge in [-0.25, -0.2) is 0 Å². The van der Waals surface area contributed by atoms with Crippen LogP contribution in [0.1, 0.15) is 18.4 Å². The van der Waals surface area contributed by atoms with Gasteiger partial charge in [-0.3, -0.25) is 9.55 Å². The summed E-state index contributed by atoms with van der Waals surface area (Å²) in [5.74, 6) is 1.24. The van der Waals surface area contributed by atoms with Crippen LogP contribution in [0.15, 0.2) is 47.5 Å². The predicted octanol–water partition coefficient (Wildman–Crippen LogP) is 3.82. The van der Waals surface area contributed by atoms with E-state index in [1.165, 1.54) is 0 Å². The first kappa shape index (κ1) is 22.2. The lowest BCUT2D eigenvalue weighted by Crippen LogP contribution is -2.38. The third-order valence-corrected chi connectivity index (χ3v) is 6.54. The summed E-state index contributed by atoms with van der Waals surface area (Å²) in [6, 6.07) is 13.4. The van der Waals surface area contributed by atoms with Gasteiger partial charge in [0, 0.05) is 12.1 Å². The minimum absolute atomic E-state index is 0.278. The van der Waals surface area contributed by atoms with Crippen LogP contribution in [0, 0.1) is 0 Å². The van der Waals surface area contributed by atoms with Crippen molar-refractivity contribution in [3.05, 3.63) is 47.5 Å². The van der Waals surface area contributed by atoms with Crippen LogP contribution in [0.2, 0.25) is 0 Å². The summed E-state index contributed by atoms with van der Waals surface area (Å²) in [6.07, 6.45) is 0.938. The highest BCUT2D eigenvalue weighted by atomic mass is 32.2. The van der Waals surface area contributed by atoms with Gasteiger partial charge in [-0.05, 0) is 43.3 Å². The molecule has 1 heterocycles. The Morgan fingerprint density at radius 3 is 2.40 bits per heavy atom. The van der Waals surface area contributed by atoms with E-state index >= 15 is 0 Å². The lowest BCUT2D eigenvalue weighted by Gasteiger charge is -2.03. The van der Waals surface area contributed by atoms with Gasteiger partial charge in [-0.2, -0.15) is 13.0 Å². The number of ether oxygens (including phenoxy) is 2. The quantitative estimate of drug-likeness (QED) is 0.305. The molecule has 1 N–H and O–H groups in total. The number of hydrogen-bond acceptors (Lipinski definition) is 6. The molecule has 0 aliphatic carbocycles. The van der Waals surface area contributed by atoms with E-state index in [4.69, 9.17) is 14.0 Å². The molecular weight excluding hydrogens is 424 g/mol. The number of methoxy groups -OCH3 is 2. The highest BCUT2D eigenvalue weighted by Crippen LogP contribution is 2.26. The molecule has 0 saturated heterocycles. The molecule has 0 unspecified atom stereocenters. The zero-order chi connectivity index (χ0) is 21.7. The number of nitrogens with zero attached hydrogens (tertiary/aromatic N) is 2. The van der Waals surface area contributed by atoms with E-state index in [9.17, 15) is 8.42 Å². The van der Waals surface area contributed by atoms with E-state index in [0.29, 0.717) is 19.4 Å². The normalized spacial score (nSPS) is 12.3. The summed E-state index contributed by atoms with van der Waals surface area (Å²) in [5.41, 5.74) is 2.75. The van der Waals surface area contributed by atoms with Crippen LogP contribution in [-0.2, 0) is 23.1 Å². The smallest absolute Gasteiger partial charge is 0.265 e. The molecule has 0 amide bonds. The molecule has 3 rings (SSSR count). The molecule has 2 aromatic carbocycles. The van der Waals surface area contributed by atoms with Crippen molar-refractivity contribution < 1.29 is 27.0 Å². The van der Waals surface area contributed by atoms with Crippen molar-refractivity contribution in [2.75, 3.05) is 20.0 Å². The number of rotatable bonds is 9. The number of aromatic nitrogens is 1. The number of aliphatic imine (C=N–C) groups is 1. The molecule has 0 bridgehead atoms. The Kier molecular flexibility index (Phi) is 7.06. The van der Waals surface area contributed by atoms with E-state index in [-0.39, 0.29) is 5.75 Å². The van der Waals surface area contributed by atoms with Gasteiger partial charge in [0.25, 0.3) is 10.1 Å². The number of aryl methyl sites for hydroxylation is 1. The van der Waals surface area contributed by atoms with Crippen LogP contribution in [-0.4, -0.2) is 38.7 Å². The second-order valence-electron chi connectivity index (χ2n) is 6.84. The maximum atomic E-state index is 11.1. The standard InChI is InChI=1S/C21H24N2O5S2/c1-15(22-16-5-7-17(27-2)8-6-16)13-21-23(11-4-12-30(24,25)26)19-14-18(28-3)9-10-20(19)29-21/h5-10,14H,4,11-13H2,1-3H3/p+1. The lowest BCUT2D eigenvalue weighted by atomic mass is 10.2. The highest BCUT2D eigenvalue weighted by Gasteiger charge is 2.22. The molecule has 160 valence electrons. The van der Waals surface area contributed by atoms with Crippen LogP contribution >= 0.6 is 11.3 Å². The molecule has 0 spiro atoms. The number of thiazole rings is 1. The fourth-order valence-corrected chi connectivity index (χ4v) is 4.89. The van der Waals surface area contributed by atoms with E-state index < -0.39 is 10.1 Å². The van der Waals surface area contributed by atoms with Crippen molar-refractivity contribution in [3.63, 3.8) is 0 Å². The van der Waals surface area contributed by atoms with Crippen molar-refractivity contribution in [2.45, 2.75) is 26.3 Å². The topological polar surface area (TPSA) is 89.1 Å². The molecule has 9 heteroatoms. The first-order chi connectivity index (χ1) is 14.3. The average molecular weight is 450 g/mol. The maximum Gasteiger partial charge on any atom is 0.265 e. The Hall–Kier alpha value is -2.49. The molecule has 0 saturated carbocycles. The number of benzene rings is 2. The SMILES string of the molecule is COc1ccc(N=C(C)Cc2sc3ccc(OC)cc3[n+]2CCCS(=O)(=O)O)cc1. The second-order valence-corrected chi connectivity index (χ2v) is 9.53. The molecule has 0 atom stereocenters. The highest BCUT2D eigenvalue weighted by molar-refractivity contribution is 7.85. The van der Waals surface area contributed by atoms with Crippen LogP contribution in [0.4, 0.5) is 5.69 Å². The molecule has 0 radical (unpaired) electrons. The Labute approximate surface area is 180 Å². The Bertz CT molecular complexity index is 1150. The molecule has 1 aromatic heterocycles. The maximum absolute atomic E-state index is 11.1. The molecule has 0 aliphatic rings. The fourth-order valence-electron chi connectivity index (χ4n) is 3.16. The van der Waals surface area contributed by atoms with E-state index in [0.717, 1.165) is 38.1 Å². The monoisotopic (exact) mass is 449 g/mol. The van der Waals surface area contributed by atoms with E-state index in [2.05, 4.69) is 9.56 Å². The van der Waals surface area contributed by atoms with Gasteiger partial charge < -0.3 is 9.47 Å². The summed E-state index contributed by atoms with van der Waals surface area (Å²) in [6.45, 7) is 2.44. The van der Waals surface area contributed by atoms with Crippen molar-refractivity contribution in [2.24, 2.45) is 4.99 Å². The summed E-state index contributed by atoms with van der Waals surface area (Å²) in [4.78, 5) is 4.69. The van der Waals surface area contributed by atoms with Gasteiger partial charge in [-0.15, -0.1) is 0 Å². The van der Waals surface area contributed by atoms with Crippen molar-refractivity contribution in [1.29, 1.82) is 0 Å². The molecule has 0 fully saturated rings. The van der Waals surface area contributed by atoms with Crippen LogP contribution in [0.3, 0.4) is 0 Å². The zero-order valence-corrected chi connectivity index (χ0v) is 18.8. The van der Waals surface area contributed by atoms with Crippen LogP contribution < -0.4 is 14.0 Å². The minimum Gasteiger partial charge on any atom is -0.497 e. The van der Waals surface area contributed by atoms with Crippen LogP contribution in [0.5, 0.6) is 11.5 Å². The Balaban J connectivity index is 1.90. The van der Waals surface area contributed by atoms with Crippen molar-refractivity contribution in [3.8, 4) is 11.5 Å². The lowest BCUT2D eigenvalue weighted by molar-refractivity contribution is -0.673. The minimum atomic E-state index is -3.99.